The number of nitrogens with one attached hydrogen (secondary N) is 1. The van der Waals surface area contributed by atoms with E-state index in [0.29, 0.717) is 0 Å². The van der Waals surface area contributed by atoms with Crippen molar-refractivity contribution in [2.24, 2.45) is 5.92 Å². The lowest BCUT2D eigenvalue weighted by atomic mass is 9.94. The zero-order valence-electron chi connectivity index (χ0n) is 13.4. The summed E-state index contributed by atoms with van der Waals surface area (Å²) in [6.45, 7) is 7.51. The molecule has 4 nitrogen and oxygen atoms in total. The van der Waals surface area contributed by atoms with Crippen LogP contribution in [0.4, 0.5) is 0 Å². The quantitative estimate of drug-likeness (QED) is 0.878. The average Bonchev–Trinajstić information content (AvgIpc) is 2.42. The van der Waals surface area contributed by atoms with Gasteiger partial charge in [-0.3, -0.25) is 4.79 Å². The molecule has 0 heterocycles. The molecule has 5 heteroatoms. The van der Waals surface area contributed by atoms with Crippen LogP contribution in [0.5, 0.6) is 0 Å². The molecule has 2 atom stereocenters. The number of carbonyl (C=O) groups is 1. The van der Waals surface area contributed by atoms with Crippen molar-refractivity contribution < 1.29 is 13.2 Å². The number of carbonyl (C=O) groups excluding carboxylic acids is 1. The molecule has 118 valence electrons. The minimum Gasteiger partial charge on any atom is -0.348 e. The highest BCUT2D eigenvalue weighted by Gasteiger charge is 2.27. The third-order valence-corrected chi connectivity index (χ3v) is 5.22. The van der Waals surface area contributed by atoms with E-state index in [9.17, 15) is 13.2 Å². The fourth-order valence-corrected chi connectivity index (χ4v) is 2.52. The lowest BCUT2D eigenvalue weighted by Gasteiger charge is -2.24. The van der Waals surface area contributed by atoms with E-state index in [2.05, 4.69) is 12.2 Å². The lowest BCUT2D eigenvalue weighted by molar-refractivity contribution is -0.121. The van der Waals surface area contributed by atoms with Gasteiger partial charge < -0.3 is 5.32 Å². The maximum absolute atomic E-state index is 12.1. The molecule has 1 aromatic carbocycles. The van der Waals surface area contributed by atoms with Crippen LogP contribution in [0.1, 0.15) is 44.9 Å². The first kappa shape index (κ1) is 17.7. The molecule has 0 spiro atoms. The average molecular weight is 311 g/mol. The highest BCUT2D eigenvalue weighted by molar-refractivity contribution is 7.92. The third kappa shape index (κ3) is 4.84. The summed E-state index contributed by atoms with van der Waals surface area (Å²) in [5.41, 5.74) is 2.23. The van der Waals surface area contributed by atoms with Gasteiger partial charge in [-0.2, -0.15) is 0 Å². The fraction of sp³-hybridized carbons (Fsp3) is 0.562. The molecule has 1 amide bonds. The highest BCUT2D eigenvalue weighted by Crippen LogP contribution is 2.22. The number of rotatable bonds is 6. The molecule has 0 aliphatic rings. The van der Waals surface area contributed by atoms with E-state index in [1.54, 1.807) is 0 Å². The molecule has 0 bridgehead atoms. The topological polar surface area (TPSA) is 63.2 Å². The molecule has 0 saturated heterocycles. The minimum atomic E-state index is -3.38. The second-order valence-corrected chi connectivity index (χ2v) is 8.16. The normalized spacial score (nSPS) is 14.8. The summed E-state index contributed by atoms with van der Waals surface area (Å²) in [6.07, 6.45) is 2.04. The van der Waals surface area contributed by atoms with Crippen molar-refractivity contribution in [3.05, 3.63) is 35.4 Å². The zero-order chi connectivity index (χ0) is 16.2. The largest absolute Gasteiger partial charge is 0.348 e. The number of hydrogen-bond acceptors (Lipinski definition) is 3. The molecule has 0 radical (unpaired) electrons. The van der Waals surface area contributed by atoms with Crippen LogP contribution >= 0.6 is 0 Å². The van der Waals surface area contributed by atoms with E-state index in [4.69, 9.17) is 0 Å². The SMILES string of the molecule is CCc1ccc([C@H](NC(=O)[C@H](C)S(C)(=O)=O)C(C)C)cc1. The number of benzene rings is 1. The van der Waals surface area contributed by atoms with Gasteiger partial charge in [0, 0.05) is 6.26 Å². The van der Waals surface area contributed by atoms with Gasteiger partial charge in [0.05, 0.1) is 6.04 Å². The van der Waals surface area contributed by atoms with Gasteiger partial charge in [0.25, 0.3) is 0 Å². The summed E-state index contributed by atoms with van der Waals surface area (Å²) in [7, 11) is -3.38. The highest BCUT2D eigenvalue weighted by atomic mass is 32.2. The first-order chi connectivity index (χ1) is 9.66. The Bertz CT molecular complexity index is 576. The minimum absolute atomic E-state index is 0.174. The van der Waals surface area contributed by atoms with Crippen molar-refractivity contribution >= 4 is 15.7 Å². The van der Waals surface area contributed by atoms with Gasteiger partial charge in [-0.1, -0.05) is 45.0 Å². The van der Waals surface area contributed by atoms with E-state index in [0.717, 1.165) is 18.2 Å². The van der Waals surface area contributed by atoms with E-state index >= 15 is 0 Å². The molecule has 1 N–H and O–H groups in total. The van der Waals surface area contributed by atoms with Crippen molar-refractivity contribution in [1.29, 1.82) is 0 Å². The molecule has 0 saturated carbocycles. The molecule has 0 aliphatic carbocycles. The van der Waals surface area contributed by atoms with Crippen LogP contribution in [0, 0.1) is 5.92 Å². The van der Waals surface area contributed by atoms with Crippen LogP contribution in [0.2, 0.25) is 0 Å². The Labute approximate surface area is 127 Å². The number of sulfone groups is 1. The van der Waals surface area contributed by atoms with Crippen LogP contribution in [0.15, 0.2) is 24.3 Å². The number of amides is 1. The monoisotopic (exact) mass is 311 g/mol. The Hall–Kier alpha value is -1.36. The van der Waals surface area contributed by atoms with Crippen LogP contribution in [0.3, 0.4) is 0 Å². The van der Waals surface area contributed by atoms with Crippen LogP contribution < -0.4 is 5.32 Å². The van der Waals surface area contributed by atoms with Crippen molar-refractivity contribution in [1.82, 2.24) is 5.32 Å². The Kier molecular flexibility index (Phi) is 5.96. The predicted molar refractivity (Wildman–Crippen MR) is 85.8 cm³/mol. The van der Waals surface area contributed by atoms with Crippen LogP contribution in [0.25, 0.3) is 0 Å². The Balaban J connectivity index is 2.95. The number of hydrogen-bond donors (Lipinski definition) is 1. The summed E-state index contributed by atoms with van der Waals surface area (Å²) in [5, 5.41) is 1.82. The summed E-state index contributed by atoms with van der Waals surface area (Å²) in [5.74, 6) is -0.274. The molecule has 0 unspecified atom stereocenters. The smallest absolute Gasteiger partial charge is 0.238 e. The van der Waals surface area contributed by atoms with Crippen molar-refractivity contribution in [3.63, 3.8) is 0 Å². The van der Waals surface area contributed by atoms with Gasteiger partial charge in [-0.05, 0) is 30.4 Å². The summed E-state index contributed by atoms with van der Waals surface area (Å²) in [6, 6.07) is 7.88. The molecular weight excluding hydrogens is 286 g/mol. The first-order valence-corrected chi connectivity index (χ1v) is 9.20. The third-order valence-electron chi connectivity index (χ3n) is 3.72. The fourth-order valence-electron chi connectivity index (χ4n) is 2.06. The van der Waals surface area contributed by atoms with Gasteiger partial charge in [0.15, 0.2) is 9.84 Å². The van der Waals surface area contributed by atoms with Gasteiger partial charge in [0.2, 0.25) is 5.91 Å². The van der Waals surface area contributed by atoms with Gasteiger partial charge in [0.1, 0.15) is 5.25 Å². The standard InChI is InChI=1S/C16H25NO3S/c1-6-13-7-9-14(10-8-13)15(11(2)3)17-16(18)12(4)21(5,19)20/h7-12,15H,6H2,1-5H3,(H,17,18)/t12-,15+/m0/s1. The maximum Gasteiger partial charge on any atom is 0.238 e. The van der Waals surface area contributed by atoms with Crippen LogP contribution in [-0.4, -0.2) is 25.8 Å². The second kappa shape index (κ2) is 7.07. The number of aryl methyl sites for hydroxylation is 1. The first-order valence-electron chi connectivity index (χ1n) is 7.24. The summed E-state index contributed by atoms with van der Waals surface area (Å²) >= 11 is 0. The second-order valence-electron chi connectivity index (χ2n) is 5.80. The Morgan fingerprint density at radius 1 is 1.14 bits per heavy atom. The zero-order valence-corrected chi connectivity index (χ0v) is 14.2. The van der Waals surface area contributed by atoms with E-state index < -0.39 is 21.0 Å². The summed E-state index contributed by atoms with van der Waals surface area (Å²) < 4.78 is 23.0. The van der Waals surface area contributed by atoms with E-state index in [-0.39, 0.29) is 12.0 Å². The van der Waals surface area contributed by atoms with Crippen molar-refractivity contribution in [2.75, 3.05) is 6.26 Å². The van der Waals surface area contributed by atoms with E-state index in [1.807, 2.05) is 38.1 Å². The van der Waals surface area contributed by atoms with Crippen LogP contribution in [-0.2, 0) is 21.1 Å². The summed E-state index contributed by atoms with van der Waals surface area (Å²) in [4.78, 5) is 12.1. The molecule has 1 rings (SSSR count). The predicted octanol–water partition coefficient (Wildman–Crippen LogP) is 2.50. The van der Waals surface area contributed by atoms with Gasteiger partial charge in [-0.15, -0.1) is 0 Å². The lowest BCUT2D eigenvalue weighted by Crippen LogP contribution is -2.41. The molecule has 1 aromatic rings. The Morgan fingerprint density at radius 2 is 1.67 bits per heavy atom. The van der Waals surface area contributed by atoms with E-state index in [1.165, 1.54) is 12.5 Å². The maximum atomic E-state index is 12.1. The molecular formula is C16H25NO3S. The van der Waals surface area contributed by atoms with Gasteiger partial charge in [-0.25, -0.2) is 8.42 Å². The van der Waals surface area contributed by atoms with Crippen molar-refractivity contribution in [2.45, 2.75) is 45.4 Å². The molecule has 0 aliphatic heterocycles. The van der Waals surface area contributed by atoms with Gasteiger partial charge >= 0.3 is 0 Å². The molecule has 0 aromatic heterocycles. The molecule has 0 fully saturated rings. The van der Waals surface area contributed by atoms with Crippen molar-refractivity contribution in [3.8, 4) is 0 Å². The Morgan fingerprint density at radius 3 is 2.05 bits per heavy atom. The molecule has 21 heavy (non-hydrogen) atoms.